The third kappa shape index (κ3) is 5.95. The lowest BCUT2D eigenvalue weighted by Gasteiger charge is -2.31. The number of ether oxygens (including phenoxy) is 1. The highest BCUT2D eigenvalue weighted by molar-refractivity contribution is 5.69. The van der Waals surface area contributed by atoms with Gasteiger partial charge in [-0.15, -0.1) is 0 Å². The van der Waals surface area contributed by atoms with Crippen LogP contribution in [0.5, 0.6) is 0 Å². The molecular formula is C25H30N2O3. The van der Waals surface area contributed by atoms with Crippen molar-refractivity contribution in [1.82, 2.24) is 4.90 Å². The Morgan fingerprint density at radius 2 is 1.63 bits per heavy atom. The number of aliphatic hydroxyl groups excluding tert-OH is 1. The van der Waals surface area contributed by atoms with E-state index < -0.39 is 6.10 Å². The summed E-state index contributed by atoms with van der Waals surface area (Å²) in [5.41, 5.74) is 2.27. The number of benzene rings is 2. The van der Waals surface area contributed by atoms with Crippen LogP contribution >= 0.6 is 0 Å². The Morgan fingerprint density at radius 3 is 2.13 bits per heavy atom. The van der Waals surface area contributed by atoms with Gasteiger partial charge in [0.15, 0.2) is 0 Å². The lowest BCUT2D eigenvalue weighted by molar-refractivity contribution is -0.141. The van der Waals surface area contributed by atoms with Crippen molar-refractivity contribution in [1.29, 1.82) is 5.26 Å². The second kappa shape index (κ2) is 11.2. The molecule has 1 N–H and O–H groups in total. The second-order valence-corrected chi connectivity index (χ2v) is 7.56. The van der Waals surface area contributed by atoms with Gasteiger partial charge in [0, 0.05) is 19.4 Å². The molecule has 0 aliphatic carbocycles. The molecule has 2 aromatic rings. The van der Waals surface area contributed by atoms with Gasteiger partial charge in [-0.1, -0.05) is 67.6 Å². The largest absolute Gasteiger partial charge is 0.469 e. The van der Waals surface area contributed by atoms with Crippen molar-refractivity contribution in [2.45, 2.75) is 38.3 Å². The third-order valence-electron chi connectivity index (χ3n) is 5.55. The number of likely N-dealkylation sites (N-methyl/N-ethyl adjacent to an activating group) is 1. The number of nitriles is 1. The molecule has 5 nitrogen and oxygen atoms in total. The van der Waals surface area contributed by atoms with E-state index in [0.29, 0.717) is 5.70 Å². The molecule has 0 saturated carbocycles. The van der Waals surface area contributed by atoms with Gasteiger partial charge in [-0.2, -0.15) is 5.26 Å². The van der Waals surface area contributed by atoms with Crippen LogP contribution in [0.25, 0.3) is 0 Å². The minimum absolute atomic E-state index is 0.0639. The number of aliphatic hydroxyl groups is 1. The molecule has 0 heterocycles. The molecule has 5 heteroatoms. The molecule has 4 atom stereocenters. The molecule has 0 spiro atoms. The molecule has 0 fully saturated rings. The number of methoxy groups -OCH3 is 1. The van der Waals surface area contributed by atoms with Gasteiger partial charge in [0.25, 0.3) is 0 Å². The Balaban J connectivity index is 2.33. The maximum Gasteiger partial charge on any atom is 0.305 e. The number of nitrogens with zero attached hydrogens (tertiary/aromatic N) is 2. The van der Waals surface area contributed by atoms with Gasteiger partial charge in [-0.3, -0.25) is 4.79 Å². The van der Waals surface area contributed by atoms with Crippen LogP contribution in [0.3, 0.4) is 0 Å². The quantitative estimate of drug-likeness (QED) is 0.493. The fourth-order valence-electron chi connectivity index (χ4n) is 3.50. The average Bonchev–Trinajstić information content (AvgIpc) is 2.79. The molecule has 2 aromatic carbocycles. The van der Waals surface area contributed by atoms with E-state index in [1.54, 1.807) is 11.9 Å². The summed E-state index contributed by atoms with van der Waals surface area (Å²) in [6.07, 6.45) is 1.39. The molecule has 0 radical (unpaired) electrons. The first-order chi connectivity index (χ1) is 14.4. The normalized spacial score (nSPS) is 15.4. The number of hydrogen-bond donors (Lipinski definition) is 1. The molecule has 0 bridgehead atoms. The molecule has 2 rings (SSSR count). The number of carbonyl (C=O) groups is 1. The number of hydrogen-bond acceptors (Lipinski definition) is 5. The van der Waals surface area contributed by atoms with Gasteiger partial charge in [-0.05, 0) is 30.0 Å². The van der Waals surface area contributed by atoms with Crippen molar-refractivity contribution in [2.75, 3.05) is 14.2 Å². The van der Waals surface area contributed by atoms with E-state index in [2.05, 4.69) is 6.07 Å². The predicted octanol–water partition coefficient (Wildman–Crippen LogP) is 4.43. The Labute approximate surface area is 179 Å². The van der Waals surface area contributed by atoms with Crippen LogP contribution in [0.2, 0.25) is 0 Å². The Morgan fingerprint density at radius 1 is 1.10 bits per heavy atom. The first kappa shape index (κ1) is 23.2. The van der Waals surface area contributed by atoms with Crippen LogP contribution < -0.4 is 0 Å². The molecule has 30 heavy (non-hydrogen) atoms. The van der Waals surface area contributed by atoms with E-state index in [-0.39, 0.29) is 30.3 Å². The fourth-order valence-corrected chi connectivity index (χ4v) is 3.50. The summed E-state index contributed by atoms with van der Waals surface area (Å²) in [5, 5.41) is 20.6. The lowest BCUT2D eigenvalue weighted by Crippen LogP contribution is -2.34. The first-order valence-corrected chi connectivity index (χ1v) is 10.1. The topological polar surface area (TPSA) is 73.6 Å². The first-order valence-electron chi connectivity index (χ1n) is 10.1. The van der Waals surface area contributed by atoms with Gasteiger partial charge >= 0.3 is 5.97 Å². The van der Waals surface area contributed by atoms with Gasteiger partial charge in [0.2, 0.25) is 0 Å². The van der Waals surface area contributed by atoms with E-state index in [0.717, 1.165) is 11.1 Å². The highest BCUT2D eigenvalue weighted by Gasteiger charge is 2.25. The average molecular weight is 407 g/mol. The summed E-state index contributed by atoms with van der Waals surface area (Å²) in [4.78, 5) is 13.6. The minimum Gasteiger partial charge on any atom is -0.469 e. The highest BCUT2D eigenvalue weighted by Crippen LogP contribution is 2.31. The van der Waals surface area contributed by atoms with Crippen LogP contribution in [0, 0.1) is 17.2 Å². The van der Waals surface area contributed by atoms with Crippen LogP contribution in [0.15, 0.2) is 72.4 Å². The molecule has 0 saturated heterocycles. The maximum absolute atomic E-state index is 11.9. The van der Waals surface area contributed by atoms with Crippen molar-refractivity contribution >= 4 is 5.97 Å². The summed E-state index contributed by atoms with van der Waals surface area (Å²) in [5.74, 6) is -0.494. The molecule has 158 valence electrons. The van der Waals surface area contributed by atoms with Crippen molar-refractivity contribution in [3.8, 4) is 6.07 Å². The second-order valence-electron chi connectivity index (χ2n) is 7.56. The van der Waals surface area contributed by atoms with Crippen LogP contribution in [-0.2, 0) is 9.53 Å². The minimum atomic E-state index is -0.740. The molecule has 0 amide bonds. The summed E-state index contributed by atoms with van der Waals surface area (Å²) >= 11 is 0. The number of allylic oxidation sites excluding steroid dienone is 2. The zero-order valence-corrected chi connectivity index (χ0v) is 18.0. The zero-order chi connectivity index (χ0) is 22.1. The predicted molar refractivity (Wildman–Crippen MR) is 117 cm³/mol. The van der Waals surface area contributed by atoms with Crippen molar-refractivity contribution < 1.29 is 14.6 Å². The summed E-state index contributed by atoms with van der Waals surface area (Å²) in [6, 6.07) is 21.2. The van der Waals surface area contributed by atoms with Gasteiger partial charge in [-0.25, -0.2) is 0 Å². The van der Waals surface area contributed by atoms with Gasteiger partial charge < -0.3 is 14.7 Å². The Hall–Kier alpha value is -3.10. The molecule has 0 aliphatic rings. The standard InChI is InChI=1S/C25H30N2O3/c1-18(15-24(28)30-4)23(20-11-7-5-8-12-20)16-22(17-26)27(3)19(2)25(29)21-13-9-6-10-14-21/h5-14,16,18-19,23,25,29H,15H2,1-4H3/b22-16+/t18-,19-,23-,25-/m0/s1. The van der Waals surface area contributed by atoms with Crippen molar-refractivity contribution in [2.24, 2.45) is 5.92 Å². The number of carbonyl (C=O) groups excluding carboxylic acids is 1. The SMILES string of the molecule is COC(=O)C[C@H](C)[C@H](/C=C(\C#N)N(C)[C@@H](C)[C@H](O)c1ccccc1)c1ccccc1. The Kier molecular flexibility index (Phi) is 8.64. The maximum atomic E-state index is 11.9. The van der Waals surface area contributed by atoms with E-state index in [4.69, 9.17) is 4.74 Å². The number of esters is 1. The van der Waals surface area contributed by atoms with E-state index in [9.17, 15) is 15.2 Å². The molecule has 0 aliphatic heterocycles. The highest BCUT2D eigenvalue weighted by atomic mass is 16.5. The summed E-state index contributed by atoms with van der Waals surface area (Å²) < 4.78 is 4.84. The van der Waals surface area contributed by atoms with Crippen molar-refractivity contribution in [3.63, 3.8) is 0 Å². The van der Waals surface area contributed by atoms with E-state index >= 15 is 0 Å². The summed E-state index contributed by atoms with van der Waals surface area (Å²) in [6.45, 7) is 3.86. The van der Waals surface area contributed by atoms with E-state index in [1.165, 1.54) is 7.11 Å². The smallest absolute Gasteiger partial charge is 0.305 e. The molecule has 0 unspecified atom stereocenters. The van der Waals surface area contributed by atoms with Gasteiger partial charge in [0.1, 0.15) is 11.8 Å². The number of rotatable bonds is 9. The Bertz CT molecular complexity index is 874. The van der Waals surface area contributed by atoms with Crippen LogP contribution in [0.4, 0.5) is 0 Å². The summed E-state index contributed by atoms with van der Waals surface area (Å²) in [7, 11) is 3.18. The lowest BCUT2D eigenvalue weighted by atomic mass is 9.84. The molecular weight excluding hydrogens is 376 g/mol. The van der Waals surface area contributed by atoms with Crippen molar-refractivity contribution in [3.05, 3.63) is 83.6 Å². The third-order valence-corrected chi connectivity index (χ3v) is 5.55. The fraction of sp³-hybridized carbons (Fsp3) is 0.360. The van der Waals surface area contributed by atoms with Gasteiger partial charge in [0.05, 0.1) is 19.3 Å². The zero-order valence-electron chi connectivity index (χ0n) is 18.0. The van der Waals surface area contributed by atoms with Crippen LogP contribution in [-0.4, -0.2) is 36.2 Å². The molecule has 0 aromatic heterocycles. The van der Waals surface area contributed by atoms with Crippen LogP contribution in [0.1, 0.15) is 43.4 Å². The monoisotopic (exact) mass is 406 g/mol. The van der Waals surface area contributed by atoms with E-state index in [1.807, 2.05) is 80.6 Å².